The number of hydrogen-bond donors (Lipinski definition) is 1. The van der Waals surface area contributed by atoms with E-state index in [1.54, 1.807) is 35.0 Å². The summed E-state index contributed by atoms with van der Waals surface area (Å²) in [5.74, 6) is -2.07. The summed E-state index contributed by atoms with van der Waals surface area (Å²) >= 11 is 0. The second-order valence-electron chi connectivity index (χ2n) is 20.5. The molecule has 67 heavy (non-hydrogen) atoms. The van der Waals surface area contributed by atoms with Crippen LogP contribution in [-0.4, -0.2) is 170 Å². The minimum atomic E-state index is -2.32. The fraction of sp³-hybridized carbons (Fsp3) is 0.857. The molecule has 388 valence electrons. The van der Waals surface area contributed by atoms with Crippen LogP contribution in [0.4, 0.5) is 0 Å². The Bertz CT molecular complexity index is 1600. The molecule has 18 heteroatoms. The van der Waals surface area contributed by atoms with Gasteiger partial charge >= 0.3 is 17.9 Å². The molecule has 17 nitrogen and oxygen atoms in total. The number of carbonyl (C=O) groups is 3. The first-order valence-corrected chi connectivity index (χ1v) is 26.8. The van der Waals surface area contributed by atoms with E-state index < -0.39 is 118 Å². The molecule has 2 saturated heterocycles. The zero-order valence-corrected chi connectivity index (χ0v) is 44.8. The molecule has 16 atom stereocenters. The van der Waals surface area contributed by atoms with Crippen molar-refractivity contribution in [3.8, 4) is 0 Å². The molecule has 0 aromatic carbocycles. The van der Waals surface area contributed by atoms with Gasteiger partial charge in [-0.2, -0.15) is 0 Å². The number of cyclic esters (lactones) is 1. The topological polar surface area (TPSA) is 185 Å². The van der Waals surface area contributed by atoms with Crippen LogP contribution in [0.5, 0.6) is 0 Å². The lowest BCUT2D eigenvalue weighted by Crippen LogP contribution is -2.66. The van der Waals surface area contributed by atoms with E-state index in [1.165, 1.54) is 21.1 Å². The molecule has 0 aromatic heterocycles. The molecule has 2 fully saturated rings. The molecule has 0 radical (unpaired) electrons. The highest BCUT2D eigenvalue weighted by Crippen LogP contribution is 2.42. The number of hydrogen-bond acceptors (Lipinski definition) is 17. The summed E-state index contributed by atoms with van der Waals surface area (Å²) in [6.07, 6.45) is -1.25. The summed E-state index contributed by atoms with van der Waals surface area (Å²) in [5, 5.41) is 11.5. The molecule has 0 amide bonds. The number of methoxy groups -OCH3 is 4. The number of rotatable bonds is 16. The van der Waals surface area contributed by atoms with E-state index in [0.29, 0.717) is 19.3 Å². The first-order chi connectivity index (χ1) is 31.2. The van der Waals surface area contributed by atoms with E-state index >= 15 is 0 Å². The van der Waals surface area contributed by atoms with Crippen molar-refractivity contribution < 1.29 is 76.0 Å². The second-order valence-corrected chi connectivity index (χ2v) is 25.3. The highest BCUT2D eigenvalue weighted by molar-refractivity contribution is 6.74. The van der Waals surface area contributed by atoms with Crippen molar-refractivity contribution in [3.63, 3.8) is 0 Å². The fourth-order valence-electron chi connectivity index (χ4n) is 9.04. The van der Waals surface area contributed by atoms with E-state index in [9.17, 15) is 19.5 Å². The van der Waals surface area contributed by atoms with E-state index in [0.717, 1.165) is 0 Å². The van der Waals surface area contributed by atoms with E-state index in [2.05, 4.69) is 46.9 Å². The minimum Gasteiger partial charge on any atom is -0.462 e. The summed E-state index contributed by atoms with van der Waals surface area (Å²) in [5.41, 5.74) is -1.49. The third-order valence-electron chi connectivity index (χ3n) is 13.7. The van der Waals surface area contributed by atoms with Crippen molar-refractivity contribution in [1.29, 1.82) is 0 Å². The average molecular weight is 974 g/mol. The van der Waals surface area contributed by atoms with Crippen LogP contribution in [-0.2, 0) is 70.9 Å². The summed E-state index contributed by atoms with van der Waals surface area (Å²) in [6, 6.07) is -0.692. The zero-order chi connectivity index (χ0) is 50.6. The van der Waals surface area contributed by atoms with Gasteiger partial charge in [-0.25, -0.2) is 0 Å². The predicted octanol–water partition coefficient (Wildman–Crippen LogP) is 6.48. The maximum Gasteiger partial charge on any atom is 0.308 e. The minimum absolute atomic E-state index is 0.0244. The maximum absolute atomic E-state index is 13.6. The van der Waals surface area contributed by atoms with Crippen LogP contribution >= 0.6 is 0 Å². The van der Waals surface area contributed by atoms with Gasteiger partial charge < -0.3 is 66.5 Å². The van der Waals surface area contributed by atoms with Gasteiger partial charge in [-0.05, 0) is 78.2 Å². The first kappa shape index (κ1) is 59.0. The van der Waals surface area contributed by atoms with Gasteiger partial charge in [-0.15, -0.1) is 0 Å². The van der Waals surface area contributed by atoms with Gasteiger partial charge in [0.25, 0.3) is 0 Å². The molecule has 0 aliphatic carbocycles. The molecule has 0 unspecified atom stereocenters. The monoisotopic (exact) mass is 974 g/mol. The standard InChI is InChI=1S/C49H87NO16Si/c1-19-37(52)63-46-32(5)60-40(28-49(46,10)54)64-42-31(4)61-47(45(62-33(6)51)41(42)50(11)12)65-43-34(26-39(56-14)57-15)25-29(2)35(66-67(17,18)48(7,8)9)24-22-20-21-23-30(3)59-38(53)27-36(55-13)44(43)58-16/h20-22,24,29-32,34-36,39-47,54H,19,23,25-28H2,1-18H3/b21-20+,24-22+/t29-,30-,31-,32+,34-,35+,36-,40+,41+,42-,43+,44+,45-,46+,47+,49-/m1/s1. The van der Waals surface area contributed by atoms with Gasteiger partial charge in [0.05, 0.1) is 43.0 Å². The lowest BCUT2D eigenvalue weighted by atomic mass is 9.82. The van der Waals surface area contributed by atoms with Crippen LogP contribution in [0.1, 0.15) is 108 Å². The molecule has 0 spiro atoms. The van der Waals surface area contributed by atoms with Gasteiger partial charge in [0.1, 0.15) is 23.9 Å². The smallest absolute Gasteiger partial charge is 0.308 e. The Hall–Kier alpha value is -2.33. The Kier molecular flexibility index (Phi) is 23.1. The highest BCUT2D eigenvalue weighted by atomic mass is 28.4. The third kappa shape index (κ3) is 16.6. The fourth-order valence-corrected chi connectivity index (χ4v) is 10.4. The summed E-state index contributed by atoms with van der Waals surface area (Å²) in [6.45, 7) is 23.2. The third-order valence-corrected chi connectivity index (χ3v) is 18.2. The molecular formula is C49H87NO16Si. The van der Waals surface area contributed by atoms with Crippen molar-refractivity contribution in [2.75, 3.05) is 42.5 Å². The van der Waals surface area contributed by atoms with Crippen LogP contribution in [0.25, 0.3) is 0 Å². The second kappa shape index (κ2) is 26.2. The number of nitrogens with zero attached hydrogens (tertiary/aromatic N) is 1. The maximum atomic E-state index is 13.6. The van der Waals surface area contributed by atoms with Crippen LogP contribution in [0.3, 0.4) is 0 Å². The lowest BCUT2D eigenvalue weighted by Gasteiger charge is -2.51. The van der Waals surface area contributed by atoms with Gasteiger partial charge in [-0.1, -0.05) is 58.9 Å². The summed E-state index contributed by atoms with van der Waals surface area (Å²) < 4.78 is 75.9. The Morgan fingerprint density at radius 3 is 2.12 bits per heavy atom. The van der Waals surface area contributed by atoms with E-state index in [-0.39, 0.29) is 36.3 Å². The molecule has 0 saturated carbocycles. The normalized spacial score (nSPS) is 37.4. The van der Waals surface area contributed by atoms with Crippen molar-refractivity contribution in [3.05, 3.63) is 24.3 Å². The molecule has 3 aliphatic rings. The summed E-state index contributed by atoms with van der Waals surface area (Å²) in [7, 11) is 7.55. The Morgan fingerprint density at radius 2 is 1.58 bits per heavy atom. The van der Waals surface area contributed by atoms with Gasteiger partial charge in [0.2, 0.25) is 0 Å². The van der Waals surface area contributed by atoms with Crippen molar-refractivity contribution in [2.24, 2.45) is 11.8 Å². The van der Waals surface area contributed by atoms with Crippen molar-refractivity contribution >= 4 is 26.2 Å². The first-order valence-electron chi connectivity index (χ1n) is 23.9. The van der Waals surface area contributed by atoms with Gasteiger partial charge in [0, 0.05) is 61.0 Å². The number of aliphatic hydroxyl groups is 1. The number of ether oxygens (including phenoxy) is 11. The molecule has 3 aliphatic heterocycles. The van der Waals surface area contributed by atoms with E-state index in [1.807, 2.05) is 51.1 Å². The van der Waals surface area contributed by atoms with E-state index in [4.69, 9.17) is 56.5 Å². The number of esters is 3. The van der Waals surface area contributed by atoms with Gasteiger partial charge in [-0.3, -0.25) is 14.4 Å². The zero-order valence-electron chi connectivity index (χ0n) is 43.8. The van der Waals surface area contributed by atoms with Crippen LogP contribution in [0.15, 0.2) is 24.3 Å². The molecule has 0 aromatic rings. The van der Waals surface area contributed by atoms with Crippen LogP contribution < -0.4 is 0 Å². The SMILES string of the molecule is CCC(=O)O[C@H]1[C@H](C)O[C@@H](O[C@H]2[C@H](N(C)C)[C@@H](OC(C)=O)[C@H](O[C@H]3[C@@H](CC(OC)OC)C[C@@H](C)[C@@H](O[Si](C)(C)C(C)(C)C)/C=C/C=C/C[C@@H](C)OC(=O)C[C@@H](OC)[C@@H]3OC)O[C@@H]2C)C[C@@]1(C)O. The van der Waals surface area contributed by atoms with Crippen molar-refractivity contribution in [1.82, 2.24) is 4.90 Å². The van der Waals surface area contributed by atoms with Crippen LogP contribution in [0.2, 0.25) is 18.1 Å². The quantitative estimate of drug-likeness (QED) is 0.0766. The highest BCUT2D eigenvalue weighted by Gasteiger charge is 2.54. The van der Waals surface area contributed by atoms with Crippen molar-refractivity contribution in [2.45, 2.75) is 217 Å². The molecule has 0 bridgehead atoms. The predicted molar refractivity (Wildman–Crippen MR) is 253 cm³/mol. The molecular weight excluding hydrogens is 887 g/mol. The Labute approximate surface area is 402 Å². The lowest BCUT2D eigenvalue weighted by molar-refractivity contribution is -0.345. The number of likely N-dealkylation sites (N-methyl/N-ethyl adjacent to an activating group) is 1. The number of carbonyl (C=O) groups excluding carboxylic acids is 3. The Morgan fingerprint density at radius 1 is 0.925 bits per heavy atom. The molecule has 1 N–H and O–H groups in total. The number of allylic oxidation sites excluding steroid dienone is 2. The Balaban J connectivity index is 2.22. The molecule has 3 heterocycles. The van der Waals surface area contributed by atoms with Gasteiger partial charge in [0.15, 0.2) is 39.4 Å². The van der Waals surface area contributed by atoms with Crippen LogP contribution in [0, 0.1) is 11.8 Å². The average Bonchev–Trinajstić information content (AvgIpc) is 3.22. The molecule has 3 rings (SSSR count). The largest absolute Gasteiger partial charge is 0.462 e. The summed E-state index contributed by atoms with van der Waals surface area (Å²) in [4.78, 5) is 40.9.